The zero-order chi connectivity index (χ0) is 18.6. The Balaban J connectivity index is 1.83. The van der Waals surface area contributed by atoms with Crippen LogP contribution in [0.1, 0.15) is 32.0 Å². The molecule has 1 aromatic carbocycles. The van der Waals surface area contributed by atoms with Crippen molar-refractivity contribution < 1.29 is 14.4 Å². The molecule has 0 aliphatic heterocycles. The Morgan fingerprint density at radius 2 is 1.64 bits per heavy atom. The molecule has 8 heteroatoms. The zero-order valence-corrected chi connectivity index (χ0v) is 15.7. The minimum absolute atomic E-state index is 0.247. The molecule has 7 nitrogen and oxygen atoms in total. The molecule has 0 spiro atoms. The monoisotopic (exact) mass is 406 g/mol. The molecule has 2 rings (SSSR count). The van der Waals surface area contributed by atoms with Crippen LogP contribution in [0.5, 0.6) is 0 Å². The Bertz CT molecular complexity index is 809. The number of aromatic nitrogens is 1. The van der Waals surface area contributed by atoms with Gasteiger partial charge in [0.2, 0.25) is 0 Å². The molecule has 2 aromatic rings. The summed E-state index contributed by atoms with van der Waals surface area (Å²) >= 11 is 3.27. The first-order valence-corrected chi connectivity index (χ1v) is 8.33. The highest BCUT2D eigenvalue weighted by Gasteiger charge is 2.13. The molecule has 1 aromatic heterocycles. The van der Waals surface area contributed by atoms with Gasteiger partial charge in [0.25, 0.3) is 17.7 Å². The van der Waals surface area contributed by atoms with Crippen LogP contribution < -0.4 is 16.2 Å². The molecular formula is C17H19BrN4O3. The van der Waals surface area contributed by atoms with Crippen molar-refractivity contribution in [1.29, 1.82) is 0 Å². The molecule has 0 fully saturated rings. The summed E-state index contributed by atoms with van der Waals surface area (Å²) in [6.45, 7) is 3.55. The summed E-state index contributed by atoms with van der Waals surface area (Å²) in [5.41, 5.74) is 7.37. The molecule has 0 aliphatic rings. The van der Waals surface area contributed by atoms with Crippen LogP contribution in [0.15, 0.2) is 34.9 Å². The van der Waals surface area contributed by atoms with Gasteiger partial charge in [0.1, 0.15) is 5.69 Å². The van der Waals surface area contributed by atoms with Crippen molar-refractivity contribution in [3.05, 3.63) is 57.3 Å². The maximum Gasteiger partial charge on any atom is 0.286 e. The normalized spacial score (nSPS) is 10.2. The first-order valence-electron chi connectivity index (χ1n) is 7.54. The number of carbonyl (C=O) groups is 3. The van der Waals surface area contributed by atoms with Crippen molar-refractivity contribution >= 4 is 33.7 Å². The minimum Gasteiger partial charge on any atom is -0.345 e. The molecule has 0 radical (unpaired) electrons. The van der Waals surface area contributed by atoms with Gasteiger partial charge in [-0.2, -0.15) is 0 Å². The fourth-order valence-corrected chi connectivity index (χ4v) is 2.88. The summed E-state index contributed by atoms with van der Waals surface area (Å²) in [7, 11) is 1.71. The maximum absolute atomic E-state index is 12.1. The van der Waals surface area contributed by atoms with Gasteiger partial charge in [-0.05, 0) is 48.0 Å². The van der Waals surface area contributed by atoms with Gasteiger partial charge in [-0.1, -0.05) is 17.2 Å². The van der Waals surface area contributed by atoms with Crippen LogP contribution in [0.25, 0.3) is 0 Å². The van der Waals surface area contributed by atoms with Crippen LogP contribution >= 0.6 is 15.9 Å². The molecular weight excluding hydrogens is 388 g/mol. The van der Waals surface area contributed by atoms with E-state index in [1.54, 1.807) is 36.0 Å². The average Bonchev–Trinajstić information content (AvgIpc) is 2.87. The number of hydrogen-bond acceptors (Lipinski definition) is 3. The van der Waals surface area contributed by atoms with E-state index in [0.29, 0.717) is 11.3 Å². The second kappa shape index (κ2) is 7.98. The highest BCUT2D eigenvalue weighted by molar-refractivity contribution is 9.10. The van der Waals surface area contributed by atoms with Crippen LogP contribution in [0.2, 0.25) is 0 Å². The molecule has 0 atom stereocenters. The van der Waals surface area contributed by atoms with Gasteiger partial charge in [0.05, 0.1) is 6.54 Å². The third-order valence-electron chi connectivity index (χ3n) is 3.41. The van der Waals surface area contributed by atoms with E-state index in [2.05, 4.69) is 32.1 Å². The van der Waals surface area contributed by atoms with Crippen LogP contribution in [0.4, 0.5) is 0 Å². The molecule has 132 valence electrons. The number of aryl methyl sites for hydroxylation is 3. The topological polar surface area (TPSA) is 92.2 Å². The fourth-order valence-electron chi connectivity index (χ4n) is 2.35. The number of rotatable bonds is 4. The number of halogens is 1. The molecule has 0 saturated heterocycles. The standard InChI is InChI=1S/C17H19BrN4O3/c1-10-4-11(2)6-12(5-10)16(24)19-8-15(23)20-21-17(25)14-7-13(18)9-22(14)3/h4-7,9H,8H2,1-3H3,(H,19,24)(H,20,23)(H,21,25). The smallest absolute Gasteiger partial charge is 0.286 e. The largest absolute Gasteiger partial charge is 0.345 e. The molecule has 3 N–H and O–H groups in total. The van der Waals surface area contributed by atoms with Gasteiger partial charge in [-0.3, -0.25) is 25.2 Å². The van der Waals surface area contributed by atoms with Crippen molar-refractivity contribution in [3.8, 4) is 0 Å². The number of amides is 3. The van der Waals surface area contributed by atoms with E-state index in [-0.39, 0.29) is 12.5 Å². The quantitative estimate of drug-likeness (QED) is 0.673. The predicted octanol–water partition coefficient (Wildman–Crippen LogP) is 1.60. The summed E-state index contributed by atoms with van der Waals surface area (Å²) in [5, 5.41) is 2.52. The van der Waals surface area contributed by atoms with Gasteiger partial charge in [0.15, 0.2) is 0 Å². The molecule has 0 aliphatic carbocycles. The van der Waals surface area contributed by atoms with E-state index in [1.807, 2.05) is 19.9 Å². The molecule has 3 amide bonds. The first kappa shape index (κ1) is 18.7. The van der Waals surface area contributed by atoms with Gasteiger partial charge in [-0.15, -0.1) is 0 Å². The summed E-state index contributed by atoms with van der Waals surface area (Å²) in [5.74, 6) is -1.33. The van der Waals surface area contributed by atoms with E-state index in [0.717, 1.165) is 15.6 Å². The number of benzene rings is 1. The minimum atomic E-state index is -0.528. The van der Waals surface area contributed by atoms with Gasteiger partial charge in [-0.25, -0.2) is 0 Å². The average molecular weight is 407 g/mol. The van der Waals surface area contributed by atoms with E-state index in [4.69, 9.17) is 0 Å². The SMILES string of the molecule is Cc1cc(C)cc(C(=O)NCC(=O)NNC(=O)c2cc(Br)cn2C)c1. The number of carbonyl (C=O) groups excluding carboxylic acids is 3. The summed E-state index contributed by atoms with van der Waals surface area (Å²) in [6.07, 6.45) is 1.72. The predicted molar refractivity (Wildman–Crippen MR) is 97.0 cm³/mol. The number of nitrogens with one attached hydrogen (secondary N) is 3. The lowest BCUT2D eigenvalue weighted by molar-refractivity contribution is -0.120. The van der Waals surface area contributed by atoms with Crippen molar-refractivity contribution in [2.75, 3.05) is 6.54 Å². The Morgan fingerprint density at radius 1 is 1.00 bits per heavy atom. The molecule has 0 bridgehead atoms. The highest BCUT2D eigenvalue weighted by Crippen LogP contribution is 2.13. The van der Waals surface area contributed by atoms with Crippen molar-refractivity contribution in [2.45, 2.75) is 13.8 Å². The first-order chi connectivity index (χ1) is 11.8. The molecule has 1 heterocycles. The van der Waals surface area contributed by atoms with E-state index in [1.165, 1.54) is 0 Å². The third-order valence-corrected chi connectivity index (χ3v) is 3.85. The maximum atomic E-state index is 12.1. The second-order valence-corrected chi connectivity index (χ2v) is 6.63. The Labute approximate surface area is 153 Å². The van der Waals surface area contributed by atoms with Gasteiger partial charge >= 0.3 is 0 Å². The lowest BCUT2D eigenvalue weighted by Gasteiger charge is -2.09. The van der Waals surface area contributed by atoms with E-state index < -0.39 is 11.8 Å². The summed E-state index contributed by atoms with van der Waals surface area (Å²) < 4.78 is 2.38. The zero-order valence-electron chi connectivity index (χ0n) is 14.1. The van der Waals surface area contributed by atoms with Crippen molar-refractivity contribution in [3.63, 3.8) is 0 Å². The van der Waals surface area contributed by atoms with Crippen LogP contribution in [-0.4, -0.2) is 28.8 Å². The van der Waals surface area contributed by atoms with Gasteiger partial charge < -0.3 is 9.88 Å². The molecule has 0 saturated carbocycles. The van der Waals surface area contributed by atoms with Crippen LogP contribution in [0, 0.1) is 13.8 Å². The third kappa shape index (κ3) is 5.18. The van der Waals surface area contributed by atoms with Gasteiger partial charge in [0, 0.05) is 23.3 Å². The second-order valence-electron chi connectivity index (χ2n) is 5.72. The summed E-state index contributed by atoms with van der Waals surface area (Å²) in [6, 6.07) is 7.08. The fraction of sp³-hybridized carbons (Fsp3) is 0.235. The van der Waals surface area contributed by atoms with E-state index >= 15 is 0 Å². The Hall–Kier alpha value is -2.61. The molecule has 0 unspecified atom stereocenters. The number of nitrogens with zero attached hydrogens (tertiary/aromatic N) is 1. The van der Waals surface area contributed by atoms with Crippen molar-refractivity contribution in [2.24, 2.45) is 7.05 Å². The molecule has 25 heavy (non-hydrogen) atoms. The van der Waals surface area contributed by atoms with Crippen LogP contribution in [0.3, 0.4) is 0 Å². The highest BCUT2D eigenvalue weighted by atomic mass is 79.9. The van der Waals surface area contributed by atoms with E-state index in [9.17, 15) is 14.4 Å². The lowest BCUT2D eigenvalue weighted by atomic mass is 10.1. The Morgan fingerprint density at radius 3 is 2.20 bits per heavy atom. The van der Waals surface area contributed by atoms with Crippen LogP contribution in [-0.2, 0) is 11.8 Å². The summed E-state index contributed by atoms with van der Waals surface area (Å²) in [4.78, 5) is 35.8. The Kier molecular flexibility index (Phi) is 5.97. The van der Waals surface area contributed by atoms with Crippen molar-refractivity contribution in [1.82, 2.24) is 20.7 Å². The number of hydrazine groups is 1. The lowest BCUT2D eigenvalue weighted by Crippen LogP contribution is -2.46. The number of hydrogen-bond donors (Lipinski definition) is 3.